The molecule has 35 heteroatoms. The summed E-state index contributed by atoms with van der Waals surface area (Å²) in [6.45, 7) is 79.7. The number of aliphatic hydroxyl groups is 2. The van der Waals surface area contributed by atoms with Crippen LogP contribution in [0.4, 0.5) is 9.59 Å². The Morgan fingerprint density at radius 2 is 0.707 bits per heavy atom. The summed E-state index contributed by atoms with van der Waals surface area (Å²) in [5.41, 5.74) is 0.443. The average molecular weight is 1990 g/mol. The van der Waals surface area contributed by atoms with Gasteiger partial charge in [0.2, 0.25) is 12.2 Å². The topological polar surface area (TPSA) is 371 Å². The van der Waals surface area contributed by atoms with E-state index >= 15 is 0 Å². The van der Waals surface area contributed by atoms with E-state index in [0.29, 0.717) is 70.3 Å². The third-order valence-corrected chi connectivity index (χ3v) is 38.2. The lowest BCUT2D eigenvalue weighted by molar-refractivity contribution is -0.150. The minimum atomic E-state index is -1.96. The molecule has 0 heterocycles. The van der Waals surface area contributed by atoms with Crippen LogP contribution in [0.3, 0.4) is 0 Å². The maximum Gasteiger partial charge on any atom is 0.407 e. The molecule has 0 saturated heterocycles. The van der Waals surface area contributed by atoms with Crippen LogP contribution in [0.1, 0.15) is 274 Å². The number of rotatable bonds is 58. The molecular formula is C98H193N5O24Si6. The van der Waals surface area contributed by atoms with Crippen LogP contribution in [-0.4, -0.2) is 237 Å². The molecule has 29 nitrogen and oxygen atoms in total. The number of carbonyl (C=O) groups excluding carboxylic acids is 7. The molecule has 3 fully saturated rings. The molecule has 4 N–H and O–H groups in total. The van der Waals surface area contributed by atoms with Crippen molar-refractivity contribution in [3.63, 3.8) is 0 Å². The standard InChI is InChI=1S/C35H67NO9Si2.C28H56N2O6Si2.C16H38O4Si2.C12H18N2O2.C6H10O3.CH4/c1-13-14-23-46(9,10)44-34(6,7)45-47(11,12)24-15-18-40-19-20-43-32(39)36-29-25-33(4,5)27-35(8,26-29)17-16-30(37)41-21-22-42-31(38)28(2)3;1-11-12-17-37(7,8)35-27(4,5)36-38(9,10)18-13-14-33-15-16-34-25(32)30-24-19-26(2,3)21-28(6,20-24)22-29-23-31;1-8-9-14-21(4,5)19-16(2,3)20-22(6,7)15-10-12-18-13-11-17;1-11(2)4-10(16-8-13)5-12(3,6-11)7-14-9-15;1-5(2)6(8)9-4-3-7;/h29H,2,13-27H2,1,3-12H3,(H,36,39);24H,11-22H2,1-10H3,(H,30,32);17H,8-15H2,1-7H3;10H,4-7H2,1-3H3;7H,1,3-4H2,2H3;1H4. The van der Waals surface area contributed by atoms with Crippen molar-refractivity contribution >= 4 is 92.2 Å². The first-order valence-electron chi connectivity index (χ1n) is 48.6. The Hall–Kier alpha value is -4.66. The molecule has 0 radical (unpaired) electrons. The Bertz CT molecular complexity index is 3490. The Kier molecular flexibility index (Phi) is 63.7. The highest BCUT2D eigenvalue weighted by atomic mass is 28.4. The quantitative estimate of drug-likeness (QED) is 0.00506. The summed E-state index contributed by atoms with van der Waals surface area (Å²) in [6, 6.07) is 6.38. The second kappa shape index (κ2) is 63.9. The van der Waals surface area contributed by atoms with Crippen molar-refractivity contribution in [3.8, 4) is 6.26 Å². The number of alkyl carbamates (subject to hydrolysis) is 2. The van der Waals surface area contributed by atoms with Crippen molar-refractivity contribution in [2.75, 3.05) is 99.0 Å². The number of nitriles is 1. The molecule has 6 unspecified atom stereocenters. The fourth-order valence-electron chi connectivity index (χ4n) is 19.3. The van der Waals surface area contributed by atoms with Crippen LogP contribution in [0.25, 0.3) is 0 Å². The first-order chi connectivity index (χ1) is 60.6. The SMILES string of the molecule is C.C=C(C)C(=O)OCCO.C=C(C)C(=O)OCCOC(=O)CCC1(C)CC(NC(=O)OCCOCCC[Si](C)(C)OC(C)(C)O[Si](C)(C)CCCC)CC(C)(C)C1.CC1(C)CC(OC#N)CC(C)(CN=C=O)C1.CCCC[Si](C)(C)OC(C)(C)O[Si](C)(C)CCCOCCO.CCCC[Si](C)(C)OC(C)(C)O[Si](C)(C)CCCOCCOC(=O)NC1CC(C)(C)CC(C)(CN=C=O)C1. The van der Waals surface area contributed by atoms with E-state index in [2.05, 4.69) is 228 Å². The highest BCUT2D eigenvalue weighted by molar-refractivity contribution is 6.73. The monoisotopic (exact) mass is 1990 g/mol. The largest absolute Gasteiger partial charge is 0.462 e. The summed E-state index contributed by atoms with van der Waals surface area (Å²) in [4.78, 5) is 87.5. The van der Waals surface area contributed by atoms with E-state index in [1.165, 1.54) is 44.6 Å². The van der Waals surface area contributed by atoms with Gasteiger partial charge in [-0.25, -0.2) is 38.8 Å². The predicted octanol–water partition coefficient (Wildman–Crippen LogP) is 22.7. The summed E-state index contributed by atoms with van der Waals surface area (Å²) in [6.07, 6.45) is 22.6. The second-order valence-electron chi connectivity index (χ2n) is 45.1. The molecule has 3 aliphatic rings. The maximum atomic E-state index is 12.6. The van der Waals surface area contributed by atoms with E-state index in [1.807, 2.05) is 13.8 Å². The van der Waals surface area contributed by atoms with E-state index < -0.39 is 91.4 Å². The fourth-order valence-corrected chi connectivity index (χ4v) is 35.0. The Labute approximate surface area is 813 Å². The molecule has 0 aromatic carbocycles. The summed E-state index contributed by atoms with van der Waals surface area (Å²) in [5.74, 6) is -2.92. The van der Waals surface area contributed by atoms with E-state index in [-0.39, 0.29) is 117 Å². The molecule has 3 rings (SSSR count). The molecule has 0 aromatic rings. The molecular weight excluding hydrogens is 1800 g/mol. The first-order valence-corrected chi connectivity index (χ1v) is 67.3. The van der Waals surface area contributed by atoms with E-state index in [1.54, 1.807) is 32.3 Å². The van der Waals surface area contributed by atoms with Gasteiger partial charge in [0.1, 0.15) is 56.5 Å². The zero-order valence-electron chi connectivity index (χ0n) is 88.9. The number of hydrogen-bond acceptors (Lipinski definition) is 27. The van der Waals surface area contributed by atoms with Gasteiger partial charge in [0.05, 0.1) is 46.1 Å². The minimum Gasteiger partial charge on any atom is -0.462 e. The van der Waals surface area contributed by atoms with Crippen LogP contribution in [0.5, 0.6) is 0 Å². The molecule has 133 heavy (non-hydrogen) atoms. The van der Waals surface area contributed by atoms with Crippen molar-refractivity contribution in [2.45, 2.75) is 425 Å². The van der Waals surface area contributed by atoms with Crippen LogP contribution in [0, 0.1) is 44.0 Å². The van der Waals surface area contributed by atoms with Crippen LogP contribution in [0.2, 0.25) is 115 Å². The summed E-state index contributed by atoms with van der Waals surface area (Å²) < 4.78 is 86.2. The van der Waals surface area contributed by atoms with Gasteiger partial charge >= 0.3 is 30.1 Å². The van der Waals surface area contributed by atoms with Gasteiger partial charge in [0, 0.05) is 49.5 Å². The molecule has 2 amide bonds. The van der Waals surface area contributed by atoms with E-state index in [4.69, 9.17) is 79.9 Å². The van der Waals surface area contributed by atoms with Crippen molar-refractivity contribution in [3.05, 3.63) is 24.3 Å². The Morgan fingerprint density at radius 3 is 1.03 bits per heavy atom. The van der Waals surface area contributed by atoms with E-state index in [9.17, 15) is 33.6 Å². The molecule has 0 aromatic heterocycles. The van der Waals surface area contributed by atoms with Gasteiger partial charge in [-0.1, -0.05) is 142 Å². The summed E-state index contributed by atoms with van der Waals surface area (Å²) in [5, 5.41) is 31.5. The zero-order valence-corrected chi connectivity index (χ0v) is 94.9. The molecule has 3 aliphatic carbocycles. The van der Waals surface area contributed by atoms with Gasteiger partial charge < -0.3 is 90.0 Å². The van der Waals surface area contributed by atoms with Gasteiger partial charge in [-0.15, -0.1) is 0 Å². The zero-order chi connectivity index (χ0) is 102. The fraction of sp³-hybridized carbons (Fsp3) is 0.878. The van der Waals surface area contributed by atoms with Gasteiger partial charge in [-0.3, -0.25) is 4.79 Å². The lowest BCUT2D eigenvalue weighted by Gasteiger charge is -2.46. The number of isocyanates is 2. The smallest absolute Gasteiger partial charge is 0.407 e. The third-order valence-electron chi connectivity index (χ3n) is 22.6. The highest BCUT2D eigenvalue weighted by Gasteiger charge is 2.47. The number of carbonyl (C=O) groups is 5. The normalized spacial score (nSPS) is 20.1. The van der Waals surface area contributed by atoms with E-state index in [0.717, 1.165) is 107 Å². The van der Waals surface area contributed by atoms with Crippen LogP contribution in [-0.2, 0) is 93.2 Å². The molecule has 3 saturated carbocycles. The number of esters is 3. The number of aliphatic imine (C=N–C) groups is 2. The second-order valence-corrected chi connectivity index (χ2v) is 70.4. The lowest BCUT2D eigenvalue weighted by Crippen LogP contribution is -2.48. The summed E-state index contributed by atoms with van der Waals surface area (Å²) in [7, 11) is -10.8. The van der Waals surface area contributed by atoms with Gasteiger partial charge in [0.15, 0.2) is 49.9 Å². The number of aliphatic hydroxyl groups excluding tert-OH is 2. The summed E-state index contributed by atoms with van der Waals surface area (Å²) >= 11 is 0. The molecule has 0 aliphatic heterocycles. The molecule has 0 bridgehead atoms. The van der Waals surface area contributed by atoms with Crippen molar-refractivity contribution in [2.24, 2.45) is 42.5 Å². The number of unbranched alkanes of at least 4 members (excludes halogenated alkanes) is 3. The average Bonchev–Trinajstić information content (AvgIpc) is 0.806. The van der Waals surface area contributed by atoms with Crippen LogP contribution in [0.15, 0.2) is 34.3 Å². The number of amides is 2. The number of hydrogen-bond donors (Lipinski definition) is 4. The maximum absolute atomic E-state index is 12.6. The number of nitrogens with zero attached hydrogens (tertiary/aromatic N) is 3. The molecule has 0 spiro atoms. The minimum absolute atomic E-state index is 0. The number of nitrogens with one attached hydrogen (secondary N) is 2. The Morgan fingerprint density at radius 1 is 0.414 bits per heavy atom. The Balaban J connectivity index is -0.00000174. The van der Waals surface area contributed by atoms with Crippen molar-refractivity contribution < 1.29 is 113 Å². The number of ether oxygens (including phenoxy) is 9. The first kappa shape index (κ1) is 132. The predicted molar refractivity (Wildman–Crippen MR) is 546 cm³/mol. The van der Waals surface area contributed by atoms with Gasteiger partial charge in [-0.05, 0) is 286 Å². The lowest BCUT2D eigenvalue weighted by atomic mass is 9.61. The van der Waals surface area contributed by atoms with Crippen LogP contribution >= 0.6 is 0 Å². The van der Waals surface area contributed by atoms with Crippen molar-refractivity contribution in [1.82, 2.24) is 10.6 Å². The van der Waals surface area contributed by atoms with Crippen LogP contribution < -0.4 is 10.6 Å². The highest BCUT2D eigenvalue weighted by Crippen LogP contribution is 2.50. The molecule has 6 atom stereocenters. The van der Waals surface area contributed by atoms with Gasteiger partial charge in [-0.2, -0.15) is 5.26 Å². The van der Waals surface area contributed by atoms with Crippen molar-refractivity contribution in [1.29, 1.82) is 5.26 Å². The third kappa shape index (κ3) is 68.9. The van der Waals surface area contributed by atoms with Gasteiger partial charge in [0.25, 0.3) is 6.26 Å². The molecule has 778 valence electrons.